The number of halogens is 2. The average molecular weight is 247 g/mol. The molecule has 1 atom stereocenters. The molecule has 0 fully saturated rings. The summed E-state index contributed by atoms with van der Waals surface area (Å²) in [5.41, 5.74) is 0.108. The lowest BCUT2D eigenvalue weighted by atomic mass is 10.2. The molecular weight excluding hydrogens is 232 g/mol. The Kier molecular flexibility index (Phi) is 5.11. The van der Waals surface area contributed by atoms with Gasteiger partial charge in [-0.3, -0.25) is 0 Å². The van der Waals surface area contributed by atoms with Crippen LogP contribution in [-0.2, 0) is 0 Å². The lowest BCUT2D eigenvalue weighted by Crippen LogP contribution is -2.23. The highest BCUT2D eigenvalue weighted by Gasteiger charge is 2.13. The van der Waals surface area contributed by atoms with Crippen molar-refractivity contribution >= 4 is 5.69 Å². The molecule has 0 saturated carbocycles. The van der Waals surface area contributed by atoms with Crippen molar-refractivity contribution in [3.63, 3.8) is 0 Å². The van der Waals surface area contributed by atoms with Gasteiger partial charge in [0.25, 0.3) is 0 Å². The second-order valence-corrected chi connectivity index (χ2v) is 3.41. The van der Waals surface area contributed by atoms with Crippen LogP contribution < -0.4 is 10.1 Å². The minimum absolute atomic E-state index is 0.0283. The molecule has 0 amide bonds. The van der Waals surface area contributed by atoms with E-state index in [0.717, 1.165) is 12.1 Å². The zero-order valence-electron chi connectivity index (χ0n) is 9.41. The topological polar surface area (TPSA) is 61.7 Å². The Morgan fingerprint density at radius 1 is 1.41 bits per heavy atom. The number of aliphatic hydroxyl groups excluding tert-OH is 2. The van der Waals surface area contributed by atoms with Gasteiger partial charge < -0.3 is 20.3 Å². The quantitative estimate of drug-likeness (QED) is 0.705. The maximum Gasteiger partial charge on any atom is 0.178 e. The van der Waals surface area contributed by atoms with Gasteiger partial charge in [0.15, 0.2) is 11.6 Å². The van der Waals surface area contributed by atoms with E-state index in [1.165, 1.54) is 0 Å². The zero-order valence-corrected chi connectivity index (χ0v) is 9.41. The standard InChI is InChI=1S/C11H15F2NO3/c1-2-17-11-9(13)3-7(12)4-10(11)14-5-8(16)6-15/h3-4,8,14-16H,2,5-6H2,1H3. The molecule has 0 spiro atoms. The fraction of sp³-hybridized carbons (Fsp3) is 0.455. The molecule has 17 heavy (non-hydrogen) atoms. The number of hydrogen-bond donors (Lipinski definition) is 3. The van der Waals surface area contributed by atoms with E-state index in [4.69, 9.17) is 14.9 Å². The van der Waals surface area contributed by atoms with Crippen molar-refractivity contribution in [2.75, 3.05) is 25.1 Å². The minimum atomic E-state index is -1.00. The SMILES string of the molecule is CCOc1c(F)cc(F)cc1NCC(O)CO. The largest absolute Gasteiger partial charge is 0.489 e. The molecule has 6 heteroatoms. The van der Waals surface area contributed by atoms with Gasteiger partial charge in [0.1, 0.15) is 5.82 Å². The Labute approximate surface area is 97.8 Å². The summed E-state index contributed by atoms with van der Waals surface area (Å²) in [6.45, 7) is 1.45. The van der Waals surface area contributed by atoms with Gasteiger partial charge in [0.2, 0.25) is 0 Å². The lowest BCUT2D eigenvalue weighted by Gasteiger charge is -2.15. The normalized spacial score (nSPS) is 12.3. The summed E-state index contributed by atoms with van der Waals surface area (Å²) in [5, 5.41) is 20.4. The van der Waals surface area contributed by atoms with Crippen molar-refractivity contribution in [3.05, 3.63) is 23.8 Å². The Morgan fingerprint density at radius 2 is 2.12 bits per heavy atom. The van der Waals surface area contributed by atoms with Crippen molar-refractivity contribution in [2.45, 2.75) is 13.0 Å². The Bertz CT molecular complexity index is 374. The lowest BCUT2D eigenvalue weighted by molar-refractivity contribution is 0.105. The monoisotopic (exact) mass is 247 g/mol. The molecule has 0 aromatic heterocycles. The summed E-state index contributed by atoms with van der Waals surface area (Å²) in [4.78, 5) is 0. The summed E-state index contributed by atoms with van der Waals surface area (Å²) in [6, 6.07) is 1.79. The number of ether oxygens (including phenoxy) is 1. The van der Waals surface area contributed by atoms with E-state index in [1.54, 1.807) is 6.92 Å². The number of benzene rings is 1. The Hall–Kier alpha value is -1.40. The van der Waals surface area contributed by atoms with Crippen LogP contribution in [0.3, 0.4) is 0 Å². The molecular formula is C11H15F2NO3. The van der Waals surface area contributed by atoms with Gasteiger partial charge in [-0.05, 0) is 6.92 Å². The van der Waals surface area contributed by atoms with Crippen LogP contribution in [0.5, 0.6) is 5.75 Å². The van der Waals surface area contributed by atoms with Gasteiger partial charge in [0, 0.05) is 18.7 Å². The molecule has 96 valence electrons. The molecule has 1 aromatic carbocycles. The van der Waals surface area contributed by atoms with Gasteiger partial charge >= 0.3 is 0 Å². The third-order valence-corrected chi connectivity index (χ3v) is 2.04. The maximum absolute atomic E-state index is 13.4. The minimum Gasteiger partial charge on any atom is -0.489 e. The Balaban J connectivity index is 2.87. The van der Waals surface area contributed by atoms with E-state index < -0.39 is 24.3 Å². The van der Waals surface area contributed by atoms with Crippen LogP contribution in [0, 0.1) is 11.6 Å². The third kappa shape index (κ3) is 3.83. The highest BCUT2D eigenvalue weighted by molar-refractivity contribution is 5.57. The van der Waals surface area contributed by atoms with Crippen molar-refractivity contribution in [2.24, 2.45) is 0 Å². The molecule has 4 nitrogen and oxygen atoms in total. The van der Waals surface area contributed by atoms with Crippen LogP contribution in [0.2, 0.25) is 0 Å². The maximum atomic E-state index is 13.4. The second kappa shape index (κ2) is 6.36. The molecule has 0 heterocycles. The predicted molar refractivity (Wildman–Crippen MR) is 59.1 cm³/mol. The molecule has 1 rings (SSSR count). The van der Waals surface area contributed by atoms with E-state index in [0.29, 0.717) is 0 Å². The summed E-state index contributed by atoms with van der Waals surface area (Å²) < 4.78 is 31.4. The van der Waals surface area contributed by atoms with Crippen molar-refractivity contribution in [1.29, 1.82) is 0 Å². The number of anilines is 1. The van der Waals surface area contributed by atoms with Gasteiger partial charge in [-0.1, -0.05) is 0 Å². The summed E-state index contributed by atoms with van der Waals surface area (Å²) in [6.07, 6.45) is -1.00. The van der Waals surface area contributed by atoms with Crippen LogP contribution in [0.15, 0.2) is 12.1 Å². The first-order valence-electron chi connectivity index (χ1n) is 5.23. The van der Waals surface area contributed by atoms with E-state index in [9.17, 15) is 8.78 Å². The van der Waals surface area contributed by atoms with Gasteiger partial charge in [-0.2, -0.15) is 0 Å². The van der Waals surface area contributed by atoms with E-state index in [-0.39, 0.29) is 24.6 Å². The van der Waals surface area contributed by atoms with Crippen LogP contribution >= 0.6 is 0 Å². The van der Waals surface area contributed by atoms with Crippen LogP contribution in [0.4, 0.5) is 14.5 Å². The molecule has 0 aliphatic heterocycles. The van der Waals surface area contributed by atoms with Crippen LogP contribution in [-0.4, -0.2) is 36.1 Å². The number of rotatable bonds is 6. The second-order valence-electron chi connectivity index (χ2n) is 3.41. The van der Waals surface area contributed by atoms with Crippen molar-refractivity contribution < 1.29 is 23.7 Å². The molecule has 0 bridgehead atoms. The van der Waals surface area contributed by atoms with Gasteiger partial charge in [-0.15, -0.1) is 0 Å². The molecule has 0 radical (unpaired) electrons. The van der Waals surface area contributed by atoms with Crippen molar-refractivity contribution in [1.82, 2.24) is 0 Å². The van der Waals surface area contributed by atoms with Crippen LogP contribution in [0.25, 0.3) is 0 Å². The Morgan fingerprint density at radius 3 is 2.71 bits per heavy atom. The van der Waals surface area contributed by atoms with Gasteiger partial charge in [-0.25, -0.2) is 8.78 Å². The fourth-order valence-corrected chi connectivity index (χ4v) is 1.28. The van der Waals surface area contributed by atoms with Gasteiger partial charge in [0.05, 0.1) is 25.0 Å². The zero-order chi connectivity index (χ0) is 12.8. The average Bonchev–Trinajstić information content (AvgIpc) is 2.29. The predicted octanol–water partition coefficient (Wildman–Crippen LogP) is 1.13. The first-order valence-corrected chi connectivity index (χ1v) is 5.23. The molecule has 1 unspecified atom stereocenters. The summed E-state index contributed by atoms with van der Waals surface area (Å²) >= 11 is 0. The van der Waals surface area contributed by atoms with Crippen molar-refractivity contribution in [3.8, 4) is 5.75 Å². The van der Waals surface area contributed by atoms with E-state index in [1.807, 2.05) is 0 Å². The number of hydrogen-bond acceptors (Lipinski definition) is 4. The highest BCUT2D eigenvalue weighted by atomic mass is 19.1. The molecule has 0 aliphatic rings. The fourth-order valence-electron chi connectivity index (χ4n) is 1.28. The smallest absolute Gasteiger partial charge is 0.178 e. The van der Waals surface area contributed by atoms with Crippen LogP contribution in [0.1, 0.15) is 6.92 Å². The van der Waals surface area contributed by atoms with E-state index in [2.05, 4.69) is 5.32 Å². The highest BCUT2D eigenvalue weighted by Crippen LogP contribution is 2.29. The first-order chi connectivity index (χ1) is 8.08. The summed E-state index contributed by atoms with van der Waals surface area (Å²) in [5.74, 6) is -1.65. The molecule has 0 aliphatic carbocycles. The summed E-state index contributed by atoms with van der Waals surface area (Å²) in [7, 11) is 0. The molecule has 0 saturated heterocycles. The third-order valence-electron chi connectivity index (χ3n) is 2.04. The number of aliphatic hydroxyl groups is 2. The molecule has 3 N–H and O–H groups in total. The number of nitrogens with one attached hydrogen (secondary N) is 1. The first kappa shape index (κ1) is 13.7. The van der Waals surface area contributed by atoms with E-state index >= 15 is 0 Å². The molecule has 1 aromatic rings.